The summed E-state index contributed by atoms with van der Waals surface area (Å²) in [5, 5.41) is 0.101. The van der Waals surface area contributed by atoms with E-state index in [1.54, 1.807) is 10.8 Å². The monoisotopic (exact) mass is 756 g/mol. The van der Waals surface area contributed by atoms with Gasteiger partial charge in [-0.3, -0.25) is 0 Å². The molecule has 6 nitrogen and oxygen atoms in total. The molecular weight excluding hydrogens is 681 g/mol. The highest BCUT2D eigenvalue weighted by molar-refractivity contribution is 8.76. The Morgan fingerprint density at radius 2 is 0.957 bits per heavy atom. The van der Waals surface area contributed by atoms with Crippen molar-refractivity contribution < 1.29 is 27.2 Å². The third-order valence-electron chi connectivity index (χ3n) is 11.5. The van der Waals surface area contributed by atoms with Crippen molar-refractivity contribution in [2.24, 2.45) is 0 Å². The summed E-state index contributed by atoms with van der Waals surface area (Å²) in [5.74, 6) is 1.03. The van der Waals surface area contributed by atoms with Gasteiger partial charge in [-0.25, -0.2) is 0 Å². The van der Waals surface area contributed by atoms with Crippen molar-refractivity contribution >= 4 is 54.9 Å². The molecule has 1 fully saturated rings. The molecule has 5 atom stereocenters. The van der Waals surface area contributed by atoms with Gasteiger partial charge in [-0.05, 0) is 85.2 Å². The Balaban J connectivity index is 3.91. The van der Waals surface area contributed by atoms with E-state index in [9.17, 15) is 0 Å². The number of hydrogen-bond acceptors (Lipinski definition) is 8. The van der Waals surface area contributed by atoms with E-state index in [-0.39, 0.29) is 38.5 Å². The molecule has 0 saturated carbocycles. The SMILES string of the molecule is CSSCCCO[C@@H]1O[C@H](CO[Si](C)(C)C(C)(C)C)[C@@H](O[Si](C)(C)C(C)(C)C)[C@H](O[Si](C)(C)C(C)(C)C)[C@H]1O[Si](C)(C)C(C)(C)C. The fourth-order valence-electron chi connectivity index (χ4n) is 4.01. The Hall–Kier alpha value is 1.33. The highest BCUT2D eigenvalue weighted by atomic mass is 33.1. The lowest BCUT2D eigenvalue weighted by Crippen LogP contribution is -2.68. The number of rotatable bonds is 15. The second-order valence-corrected chi connectivity index (χ2v) is 41.1. The van der Waals surface area contributed by atoms with Crippen LogP contribution in [0.15, 0.2) is 0 Å². The fraction of sp³-hybridized carbons (Fsp3) is 1.00. The lowest BCUT2D eigenvalue weighted by molar-refractivity contribution is -0.291. The van der Waals surface area contributed by atoms with Gasteiger partial charge in [0, 0.05) is 5.75 Å². The molecule has 0 aliphatic carbocycles. The smallest absolute Gasteiger partial charge is 0.192 e. The molecule has 1 saturated heterocycles. The largest absolute Gasteiger partial charge is 0.414 e. The molecule has 46 heavy (non-hydrogen) atoms. The lowest BCUT2D eigenvalue weighted by atomic mass is 9.99. The summed E-state index contributed by atoms with van der Waals surface area (Å²) in [7, 11) is -5.27. The summed E-state index contributed by atoms with van der Waals surface area (Å²) in [6.45, 7) is 47.2. The molecule has 1 rings (SSSR count). The van der Waals surface area contributed by atoms with Crippen LogP contribution >= 0.6 is 21.6 Å². The maximum absolute atomic E-state index is 7.51. The van der Waals surface area contributed by atoms with Gasteiger partial charge in [-0.2, -0.15) is 0 Å². The second kappa shape index (κ2) is 16.3. The van der Waals surface area contributed by atoms with Crippen molar-refractivity contribution in [2.45, 2.75) is 193 Å². The summed E-state index contributed by atoms with van der Waals surface area (Å²) in [6.07, 6.45) is 1.04. The van der Waals surface area contributed by atoms with E-state index in [4.69, 9.17) is 27.2 Å². The van der Waals surface area contributed by atoms with Crippen LogP contribution in [0, 0.1) is 0 Å². The molecule has 0 aromatic carbocycles. The highest BCUT2D eigenvalue weighted by Gasteiger charge is 2.57. The zero-order valence-electron chi connectivity index (χ0n) is 34.0. The van der Waals surface area contributed by atoms with Crippen molar-refractivity contribution in [3.8, 4) is 0 Å². The van der Waals surface area contributed by atoms with E-state index in [2.05, 4.69) is 142 Å². The topological polar surface area (TPSA) is 55.4 Å². The molecule has 0 aromatic rings. The standard InChI is InChI=1S/C34H76O6S2Si4/c1-31(2,3)43(14,15)36-25-26-27(38-44(16,17)32(4,5)6)28(39-45(18,19)33(7,8)9)29(40-46(20,21)34(10,11)12)30(37-26)35-23-22-24-42-41-13/h26-30H,22-25H2,1-21H3/t26-,27-,28+,29-,30-/m1/s1. The molecule has 1 aliphatic heterocycles. The van der Waals surface area contributed by atoms with E-state index in [0.717, 1.165) is 12.2 Å². The van der Waals surface area contributed by atoms with Crippen molar-refractivity contribution in [1.29, 1.82) is 0 Å². The molecule has 0 unspecified atom stereocenters. The first-order valence-corrected chi connectivity index (χ1v) is 31.8. The average molecular weight is 757 g/mol. The fourth-order valence-corrected chi connectivity index (χ4v) is 10.2. The van der Waals surface area contributed by atoms with Crippen LogP contribution in [0.3, 0.4) is 0 Å². The van der Waals surface area contributed by atoms with Crippen LogP contribution in [0.25, 0.3) is 0 Å². The third-order valence-corrected chi connectivity index (χ3v) is 31.3. The van der Waals surface area contributed by atoms with Crippen LogP contribution in [0.2, 0.25) is 72.5 Å². The van der Waals surface area contributed by atoms with Crippen LogP contribution in [-0.2, 0) is 27.2 Å². The van der Waals surface area contributed by atoms with Crippen LogP contribution in [0.4, 0.5) is 0 Å². The van der Waals surface area contributed by atoms with Gasteiger partial charge in [0.1, 0.15) is 24.4 Å². The van der Waals surface area contributed by atoms with Crippen LogP contribution in [0.1, 0.15) is 89.5 Å². The quantitative estimate of drug-likeness (QED) is 0.0930. The molecular formula is C34H76O6S2Si4. The van der Waals surface area contributed by atoms with E-state index in [1.165, 1.54) is 0 Å². The normalized spacial score (nSPS) is 24.8. The molecule has 276 valence electrons. The Morgan fingerprint density at radius 3 is 1.35 bits per heavy atom. The predicted molar refractivity (Wildman–Crippen MR) is 215 cm³/mol. The molecule has 1 aliphatic rings. The minimum atomic E-state index is -2.29. The Bertz CT molecular complexity index is 936. The summed E-state index contributed by atoms with van der Waals surface area (Å²) in [4.78, 5) is 0. The molecule has 1 heterocycles. The van der Waals surface area contributed by atoms with Gasteiger partial charge in [0.25, 0.3) is 0 Å². The summed E-state index contributed by atoms with van der Waals surface area (Å²) in [6, 6.07) is 0. The minimum absolute atomic E-state index is 0.00609. The second-order valence-electron chi connectivity index (χ2n) is 19.4. The van der Waals surface area contributed by atoms with E-state index >= 15 is 0 Å². The van der Waals surface area contributed by atoms with Crippen molar-refractivity contribution in [2.75, 3.05) is 25.2 Å². The molecule has 0 aromatic heterocycles. The first kappa shape index (κ1) is 45.3. The van der Waals surface area contributed by atoms with Crippen LogP contribution < -0.4 is 0 Å². The number of hydrogen-bond donors (Lipinski definition) is 0. The molecule has 0 bridgehead atoms. The van der Waals surface area contributed by atoms with Gasteiger partial charge in [0.15, 0.2) is 39.6 Å². The van der Waals surface area contributed by atoms with Gasteiger partial charge in [-0.1, -0.05) is 105 Å². The van der Waals surface area contributed by atoms with Crippen LogP contribution in [0.5, 0.6) is 0 Å². The zero-order valence-corrected chi connectivity index (χ0v) is 39.6. The maximum atomic E-state index is 7.51. The first-order valence-electron chi connectivity index (χ1n) is 17.4. The molecule has 0 radical (unpaired) electrons. The molecule has 0 amide bonds. The number of ether oxygens (including phenoxy) is 2. The lowest BCUT2D eigenvalue weighted by Gasteiger charge is -2.54. The van der Waals surface area contributed by atoms with Gasteiger partial charge in [0.2, 0.25) is 0 Å². The summed E-state index contributed by atoms with van der Waals surface area (Å²) in [5.41, 5.74) is 0. The predicted octanol–water partition coefficient (Wildman–Crippen LogP) is 11.3. The van der Waals surface area contributed by atoms with Gasteiger partial charge in [0.05, 0.1) is 13.2 Å². The maximum Gasteiger partial charge on any atom is 0.192 e. The van der Waals surface area contributed by atoms with E-state index < -0.39 is 45.7 Å². The van der Waals surface area contributed by atoms with E-state index in [1.807, 2.05) is 10.8 Å². The third kappa shape index (κ3) is 12.2. The Labute approximate surface area is 298 Å². The Morgan fingerprint density at radius 1 is 0.565 bits per heavy atom. The minimum Gasteiger partial charge on any atom is -0.414 e. The van der Waals surface area contributed by atoms with Crippen LogP contribution in [-0.4, -0.2) is 89.2 Å². The van der Waals surface area contributed by atoms with Crippen molar-refractivity contribution in [1.82, 2.24) is 0 Å². The van der Waals surface area contributed by atoms with Crippen molar-refractivity contribution in [3.63, 3.8) is 0 Å². The summed E-state index contributed by atoms with van der Waals surface area (Å²) < 4.78 is 43.0. The molecule has 12 heteroatoms. The van der Waals surface area contributed by atoms with Gasteiger partial charge in [-0.15, -0.1) is 0 Å². The Kier molecular flexibility index (Phi) is 16.1. The van der Waals surface area contributed by atoms with Gasteiger partial charge >= 0.3 is 0 Å². The first-order chi connectivity index (χ1) is 20.3. The zero-order chi connectivity index (χ0) is 36.4. The summed E-state index contributed by atoms with van der Waals surface area (Å²) >= 11 is 0. The molecule has 0 N–H and O–H groups in total. The van der Waals surface area contributed by atoms with E-state index in [0.29, 0.717) is 13.2 Å². The average Bonchev–Trinajstić information content (AvgIpc) is 2.83. The van der Waals surface area contributed by atoms with Crippen molar-refractivity contribution in [3.05, 3.63) is 0 Å². The van der Waals surface area contributed by atoms with Gasteiger partial charge < -0.3 is 27.2 Å². The highest BCUT2D eigenvalue weighted by Crippen LogP contribution is 2.46. The molecule has 0 spiro atoms.